The van der Waals surface area contributed by atoms with Crippen molar-refractivity contribution in [3.8, 4) is 0 Å². The highest BCUT2D eigenvalue weighted by atomic mass is 35.5. The van der Waals surface area contributed by atoms with Crippen molar-refractivity contribution in [2.24, 2.45) is 5.41 Å². The normalized spacial score (nSPS) is 17.1. The van der Waals surface area contributed by atoms with Gasteiger partial charge in [0.2, 0.25) is 0 Å². The Hall–Kier alpha value is -1.07. The van der Waals surface area contributed by atoms with Gasteiger partial charge in [-0.25, -0.2) is 4.68 Å². The molecule has 6 heteroatoms. The third-order valence-electron chi connectivity index (χ3n) is 4.56. The first-order chi connectivity index (χ1) is 10.1. The van der Waals surface area contributed by atoms with Gasteiger partial charge in [0, 0.05) is 13.7 Å². The quantitative estimate of drug-likeness (QED) is 0.841. The molecule has 1 N–H and O–H groups in total. The molecule has 0 radical (unpaired) electrons. The van der Waals surface area contributed by atoms with Crippen molar-refractivity contribution in [1.82, 2.24) is 9.78 Å². The van der Waals surface area contributed by atoms with Gasteiger partial charge in [-0.05, 0) is 24.7 Å². The zero-order chi connectivity index (χ0) is 15.3. The van der Waals surface area contributed by atoms with E-state index in [4.69, 9.17) is 16.3 Å². The summed E-state index contributed by atoms with van der Waals surface area (Å²) in [7, 11) is 1.59. The van der Waals surface area contributed by atoms with Gasteiger partial charge in [-0.3, -0.25) is 4.79 Å². The van der Waals surface area contributed by atoms with Crippen LogP contribution in [0.15, 0.2) is 11.0 Å². The molecule has 0 saturated heterocycles. The lowest BCUT2D eigenvalue weighted by atomic mass is 9.83. The van der Waals surface area contributed by atoms with Gasteiger partial charge >= 0.3 is 0 Å². The Labute approximate surface area is 130 Å². The standard InChI is InChI=1S/C15H24ClN3O2/c1-3-15(6-4-5-7-15)11-17-12-10-18-19(8-9-21-2)14(20)13(12)16/h10,17H,3-9,11H2,1-2H3. The summed E-state index contributed by atoms with van der Waals surface area (Å²) < 4.78 is 6.29. The first-order valence-corrected chi connectivity index (χ1v) is 7.98. The Morgan fingerprint density at radius 2 is 2.19 bits per heavy atom. The Bertz CT molecular complexity index is 524. The highest BCUT2D eigenvalue weighted by molar-refractivity contribution is 6.32. The summed E-state index contributed by atoms with van der Waals surface area (Å²) in [5.74, 6) is 0. The third kappa shape index (κ3) is 3.77. The second-order valence-corrected chi connectivity index (χ2v) is 6.19. The van der Waals surface area contributed by atoms with E-state index in [1.165, 1.54) is 30.4 Å². The highest BCUT2D eigenvalue weighted by Gasteiger charge is 2.31. The topological polar surface area (TPSA) is 56.1 Å². The van der Waals surface area contributed by atoms with E-state index in [0.29, 0.717) is 24.3 Å². The maximum atomic E-state index is 12.1. The summed E-state index contributed by atoms with van der Waals surface area (Å²) >= 11 is 6.17. The minimum absolute atomic E-state index is 0.213. The number of methoxy groups -OCH3 is 1. The van der Waals surface area contributed by atoms with Gasteiger partial charge in [-0.15, -0.1) is 0 Å². The van der Waals surface area contributed by atoms with E-state index in [2.05, 4.69) is 17.3 Å². The van der Waals surface area contributed by atoms with Crippen molar-refractivity contribution in [2.45, 2.75) is 45.6 Å². The van der Waals surface area contributed by atoms with Gasteiger partial charge < -0.3 is 10.1 Å². The van der Waals surface area contributed by atoms with E-state index >= 15 is 0 Å². The van der Waals surface area contributed by atoms with Crippen molar-refractivity contribution < 1.29 is 4.74 Å². The molecule has 5 nitrogen and oxygen atoms in total. The molecule has 1 heterocycles. The molecular weight excluding hydrogens is 290 g/mol. The number of halogens is 1. The van der Waals surface area contributed by atoms with Crippen molar-refractivity contribution >= 4 is 17.3 Å². The smallest absolute Gasteiger partial charge is 0.287 e. The van der Waals surface area contributed by atoms with Crippen LogP contribution in [0, 0.1) is 5.41 Å². The van der Waals surface area contributed by atoms with Crippen LogP contribution in [0.2, 0.25) is 5.02 Å². The van der Waals surface area contributed by atoms with Crippen LogP contribution < -0.4 is 10.9 Å². The molecule has 1 aliphatic carbocycles. The molecule has 1 aromatic heterocycles. The van der Waals surface area contributed by atoms with E-state index in [1.807, 2.05) is 0 Å². The highest BCUT2D eigenvalue weighted by Crippen LogP contribution is 2.41. The first-order valence-electron chi connectivity index (χ1n) is 7.60. The van der Waals surface area contributed by atoms with E-state index < -0.39 is 0 Å². The Balaban J connectivity index is 2.07. The molecule has 21 heavy (non-hydrogen) atoms. The monoisotopic (exact) mass is 313 g/mol. The summed E-state index contributed by atoms with van der Waals surface area (Å²) in [4.78, 5) is 12.1. The fourth-order valence-electron chi connectivity index (χ4n) is 2.99. The number of nitrogens with one attached hydrogen (secondary N) is 1. The van der Waals surface area contributed by atoms with Crippen molar-refractivity contribution in [3.05, 3.63) is 21.6 Å². The average molecular weight is 314 g/mol. The molecule has 2 rings (SSSR count). The summed E-state index contributed by atoms with van der Waals surface area (Å²) in [6.45, 7) is 3.94. The minimum atomic E-state index is -0.268. The molecule has 1 fully saturated rings. The summed E-state index contributed by atoms with van der Waals surface area (Å²) in [6, 6.07) is 0. The Kier molecular flexibility index (Phi) is 5.65. The number of nitrogens with zero attached hydrogens (tertiary/aromatic N) is 2. The molecule has 0 aromatic carbocycles. The Morgan fingerprint density at radius 1 is 1.48 bits per heavy atom. The van der Waals surface area contributed by atoms with Crippen LogP contribution in [-0.2, 0) is 11.3 Å². The number of rotatable bonds is 7. The number of hydrogen-bond acceptors (Lipinski definition) is 4. The predicted octanol–water partition coefficient (Wildman–Crippen LogP) is 2.93. The van der Waals surface area contributed by atoms with Crippen molar-refractivity contribution in [1.29, 1.82) is 0 Å². The van der Waals surface area contributed by atoms with E-state index in [0.717, 1.165) is 13.0 Å². The second kappa shape index (κ2) is 7.27. The molecule has 118 valence electrons. The molecule has 1 aromatic rings. The molecule has 0 bridgehead atoms. The van der Waals surface area contributed by atoms with Crippen molar-refractivity contribution in [2.75, 3.05) is 25.6 Å². The van der Waals surface area contributed by atoms with Crippen LogP contribution >= 0.6 is 11.6 Å². The fourth-order valence-corrected chi connectivity index (χ4v) is 3.20. The van der Waals surface area contributed by atoms with Gasteiger partial charge in [-0.1, -0.05) is 31.4 Å². The molecule has 0 spiro atoms. The van der Waals surface area contributed by atoms with Crippen LogP contribution in [0.1, 0.15) is 39.0 Å². The van der Waals surface area contributed by atoms with Gasteiger partial charge in [0.1, 0.15) is 5.02 Å². The van der Waals surface area contributed by atoms with Crippen LogP contribution in [-0.4, -0.2) is 30.0 Å². The molecule has 0 atom stereocenters. The SMILES string of the molecule is CCC1(CNc2cnn(CCOC)c(=O)c2Cl)CCCC1. The van der Waals surface area contributed by atoms with Crippen LogP contribution in [0.5, 0.6) is 0 Å². The molecule has 0 unspecified atom stereocenters. The second-order valence-electron chi connectivity index (χ2n) is 5.81. The molecule has 1 saturated carbocycles. The first kappa shape index (κ1) is 16.3. The van der Waals surface area contributed by atoms with E-state index in [-0.39, 0.29) is 10.6 Å². The minimum Gasteiger partial charge on any atom is -0.383 e. The zero-order valence-electron chi connectivity index (χ0n) is 12.8. The molecule has 1 aliphatic rings. The third-order valence-corrected chi connectivity index (χ3v) is 4.93. The lowest BCUT2D eigenvalue weighted by Gasteiger charge is -2.28. The summed E-state index contributed by atoms with van der Waals surface area (Å²) in [5, 5.41) is 7.69. The Morgan fingerprint density at radius 3 is 2.81 bits per heavy atom. The molecule has 0 aliphatic heterocycles. The largest absolute Gasteiger partial charge is 0.383 e. The summed E-state index contributed by atoms with van der Waals surface area (Å²) in [5.41, 5.74) is 0.708. The number of ether oxygens (including phenoxy) is 1. The van der Waals surface area contributed by atoms with Gasteiger partial charge in [0.05, 0.1) is 25.0 Å². The van der Waals surface area contributed by atoms with E-state index in [9.17, 15) is 4.79 Å². The summed E-state index contributed by atoms with van der Waals surface area (Å²) in [6.07, 6.45) is 7.85. The van der Waals surface area contributed by atoms with Crippen LogP contribution in [0.25, 0.3) is 0 Å². The van der Waals surface area contributed by atoms with Gasteiger partial charge in [0.25, 0.3) is 5.56 Å². The van der Waals surface area contributed by atoms with E-state index in [1.54, 1.807) is 13.3 Å². The molecule has 0 amide bonds. The lowest BCUT2D eigenvalue weighted by Crippen LogP contribution is -2.29. The fraction of sp³-hybridized carbons (Fsp3) is 0.733. The maximum absolute atomic E-state index is 12.1. The van der Waals surface area contributed by atoms with Crippen LogP contribution in [0.3, 0.4) is 0 Å². The van der Waals surface area contributed by atoms with Crippen LogP contribution in [0.4, 0.5) is 5.69 Å². The van der Waals surface area contributed by atoms with Gasteiger partial charge in [-0.2, -0.15) is 5.10 Å². The predicted molar refractivity (Wildman–Crippen MR) is 85.1 cm³/mol. The zero-order valence-corrected chi connectivity index (χ0v) is 13.6. The number of aromatic nitrogens is 2. The van der Waals surface area contributed by atoms with Crippen molar-refractivity contribution in [3.63, 3.8) is 0 Å². The lowest BCUT2D eigenvalue weighted by molar-refractivity contribution is 0.182. The average Bonchev–Trinajstić information content (AvgIpc) is 2.97. The molecular formula is C15H24ClN3O2. The maximum Gasteiger partial charge on any atom is 0.287 e. The van der Waals surface area contributed by atoms with Gasteiger partial charge in [0.15, 0.2) is 0 Å². The number of hydrogen-bond donors (Lipinski definition) is 1. The number of anilines is 1.